The van der Waals surface area contributed by atoms with Gasteiger partial charge in [-0.2, -0.15) is 0 Å². The Kier molecular flexibility index (Phi) is 20.8. The topological polar surface area (TPSA) is 91.9 Å². The highest BCUT2D eigenvalue weighted by atomic mass is 16.5. The van der Waals surface area contributed by atoms with E-state index < -0.39 is 0 Å². The number of carbonyl (C=O) groups is 1. The molecule has 0 aliphatic rings. The number of hydrogen-bond donors (Lipinski definition) is 4. The van der Waals surface area contributed by atoms with E-state index in [4.69, 9.17) is 9.47 Å². The van der Waals surface area contributed by atoms with Crippen LogP contribution < -0.4 is 20.9 Å². The molecule has 1 unspecified atom stereocenters. The van der Waals surface area contributed by atoms with Crippen LogP contribution in [-0.4, -0.2) is 37.1 Å². The maximum Gasteiger partial charge on any atom is 0.329 e. The van der Waals surface area contributed by atoms with E-state index in [1.165, 1.54) is 96.3 Å². The number of phenolic OH excluding ortho intramolecular Hbond substituents is 1. The van der Waals surface area contributed by atoms with Crippen LogP contribution in [0.3, 0.4) is 0 Å². The summed E-state index contributed by atoms with van der Waals surface area (Å²) in [5, 5.41) is 11.9. The molecule has 0 saturated heterocycles. The van der Waals surface area contributed by atoms with Gasteiger partial charge in [0.05, 0.1) is 6.54 Å². The van der Waals surface area contributed by atoms with Crippen LogP contribution in [0.15, 0.2) is 24.3 Å². The van der Waals surface area contributed by atoms with Crippen molar-refractivity contribution in [3.63, 3.8) is 0 Å². The fraction of sp³-hybridized carbons (Fsp3) is 0.759. The Morgan fingerprint density at radius 2 is 1.28 bits per heavy atom. The highest BCUT2D eigenvalue weighted by molar-refractivity contribution is 5.73. The smallest absolute Gasteiger partial charge is 0.329 e. The molecule has 0 spiro atoms. The first-order chi connectivity index (χ1) is 17.6. The van der Waals surface area contributed by atoms with Crippen LogP contribution in [-0.2, 0) is 4.74 Å². The first kappa shape index (κ1) is 32.0. The average molecular weight is 508 g/mol. The number of hydrazine groups is 1. The third kappa shape index (κ3) is 20.2. The van der Waals surface area contributed by atoms with Crippen molar-refractivity contribution in [2.75, 3.05) is 19.8 Å². The lowest BCUT2D eigenvalue weighted by Gasteiger charge is -2.16. The Morgan fingerprint density at radius 3 is 1.81 bits per heavy atom. The van der Waals surface area contributed by atoms with Crippen LogP contribution in [0.4, 0.5) is 4.79 Å². The summed E-state index contributed by atoms with van der Waals surface area (Å²) in [6.45, 7) is 5.55. The molecule has 1 aromatic carbocycles. The molecule has 1 rings (SSSR count). The van der Waals surface area contributed by atoms with Crippen LogP contribution >= 0.6 is 0 Å². The molecule has 0 radical (unpaired) electrons. The molecule has 0 saturated carbocycles. The number of aromatic hydroxyl groups is 1. The second kappa shape index (κ2) is 23.4. The van der Waals surface area contributed by atoms with E-state index in [1.807, 2.05) is 6.92 Å². The van der Waals surface area contributed by atoms with Crippen molar-refractivity contribution in [2.45, 2.75) is 123 Å². The molecule has 1 atom stereocenters. The maximum absolute atomic E-state index is 11.8. The summed E-state index contributed by atoms with van der Waals surface area (Å²) >= 11 is 0. The predicted octanol–water partition coefficient (Wildman–Crippen LogP) is 7.20. The standard InChI is InChI=1S/C29H53N3O4/c1-3-4-5-6-7-8-9-10-11-12-13-14-15-16-17-18-24-35-26(2)31-32-29(34)30-23-25-36-28-21-19-27(33)20-22-28/h19-22,26,31,33H,3-18,23-25H2,1-2H3,(H2,30,32,34). The van der Waals surface area contributed by atoms with Gasteiger partial charge in [0.1, 0.15) is 24.3 Å². The number of amides is 2. The number of rotatable bonds is 24. The minimum Gasteiger partial charge on any atom is -0.508 e. The maximum atomic E-state index is 11.8. The SMILES string of the molecule is CCCCCCCCCCCCCCCCCCOC(C)NNC(=O)NCCOc1ccc(O)cc1. The summed E-state index contributed by atoms with van der Waals surface area (Å²) in [7, 11) is 0. The first-order valence-corrected chi connectivity index (χ1v) is 14.4. The van der Waals surface area contributed by atoms with Crippen molar-refractivity contribution < 1.29 is 19.4 Å². The molecule has 0 heterocycles. The molecule has 0 fully saturated rings. The lowest BCUT2D eigenvalue weighted by atomic mass is 10.0. The number of urea groups is 1. The minimum absolute atomic E-state index is 0.192. The van der Waals surface area contributed by atoms with Crippen molar-refractivity contribution in [2.24, 2.45) is 0 Å². The second-order valence-electron chi connectivity index (χ2n) is 9.68. The summed E-state index contributed by atoms with van der Waals surface area (Å²) in [6, 6.07) is 6.13. The van der Waals surface area contributed by atoms with E-state index in [0.717, 1.165) is 6.42 Å². The molecule has 7 heteroatoms. The molecule has 0 aliphatic heterocycles. The van der Waals surface area contributed by atoms with Crippen LogP contribution in [0.1, 0.15) is 117 Å². The fourth-order valence-corrected chi connectivity index (χ4v) is 4.04. The van der Waals surface area contributed by atoms with E-state index in [2.05, 4.69) is 23.1 Å². The van der Waals surface area contributed by atoms with E-state index in [-0.39, 0.29) is 18.0 Å². The van der Waals surface area contributed by atoms with Crippen molar-refractivity contribution in [1.82, 2.24) is 16.2 Å². The van der Waals surface area contributed by atoms with E-state index in [1.54, 1.807) is 24.3 Å². The summed E-state index contributed by atoms with van der Waals surface area (Å²) in [6.07, 6.45) is 21.5. The van der Waals surface area contributed by atoms with Crippen LogP contribution in [0, 0.1) is 0 Å². The van der Waals surface area contributed by atoms with E-state index in [0.29, 0.717) is 25.5 Å². The molecule has 36 heavy (non-hydrogen) atoms. The zero-order chi connectivity index (χ0) is 26.1. The zero-order valence-electron chi connectivity index (χ0n) is 23.0. The van der Waals surface area contributed by atoms with Crippen molar-refractivity contribution in [3.05, 3.63) is 24.3 Å². The molecule has 2 amide bonds. The van der Waals surface area contributed by atoms with Gasteiger partial charge in [0.15, 0.2) is 0 Å². The quantitative estimate of drug-likeness (QED) is 0.0675. The van der Waals surface area contributed by atoms with Gasteiger partial charge in [-0.3, -0.25) is 5.43 Å². The normalized spacial score (nSPS) is 11.8. The third-order valence-corrected chi connectivity index (χ3v) is 6.25. The Balaban J connectivity index is 1.79. The fourth-order valence-electron chi connectivity index (χ4n) is 4.04. The Labute approximate surface area is 220 Å². The van der Waals surface area contributed by atoms with Gasteiger partial charge in [-0.25, -0.2) is 10.2 Å². The number of benzene rings is 1. The second-order valence-corrected chi connectivity index (χ2v) is 9.68. The molecular formula is C29H53N3O4. The molecule has 0 bridgehead atoms. The molecular weight excluding hydrogens is 454 g/mol. The van der Waals surface area contributed by atoms with E-state index in [9.17, 15) is 9.90 Å². The molecule has 0 aliphatic carbocycles. The average Bonchev–Trinajstić information content (AvgIpc) is 2.88. The van der Waals surface area contributed by atoms with Crippen molar-refractivity contribution in [1.29, 1.82) is 0 Å². The van der Waals surface area contributed by atoms with Crippen LogP contribution in [0.25, 0.3) is 0 Å². The van der Waals surface area contributed by atoms with Gasteiger partial charge in [0.2, 0.25) is 0 Å². The van der Waals surface area contributed by atoms with Crippen molar-refractivity contribution >= 4 is 6.03 Å². The molecule has 1 aromatic rings. The highest BCUT2D eigenvalue weighted by Crippen LogP contribution is 2.16. The molecule has 208 valence electrons. The minimum atomic E-state index is -0.331. The largest absolute Gasteiger partial charge is 0.508 e. The lowest BCUT2D eigenvalue weighted by molar-refractivity contribution is 0.0327. The summed E-state index contributed by atoms with van der Waals surface area (Å²) in [5.74, 6) is 0.835. The van der Waals surface area contributed by atoms with Gasteiger partial charge in [0.25, 0.3) is 0 Å². The molecule has 0 aromatic heterocycles. The zero-order valence-corrected chi connectivity index (χ0v) is 23.0. The number of carbonyl (C=O) groups excluding carboxylic acids is 1. The molecule has 7 nitrogen and oxygen atoms in total. The lowest BCUT2D eigenvalue weighted by Crippen LogP contribution is -2.49. The monoisotopic (exact) mass is 507 g/mol. The first-order valence-electron chi connectivity index (χ1n) is 14.4. The Bertz CT molecular complexity index is 627. The number of phenols is 1. The predicted molar refractivity (Wildman–Crippen MR) is 148 cm³/mol. The van der Waals surface area contributed by atoms with Gasteiger partial charge in [-0.15, -0.1) is 0 Å². The van der Waals surface area contributed by atoms with Gasteiger partial charge in [0, 0.05) is 6.61 Å². The third-order valence-electron chi connectivity index (χ3n) is 6.25. The van der Waals surface area contributed by atoms with Crippen LogP contribution in [0.2, 0.25) is 0 Å². The van der Waals surface area contributed by atoms with E-state index >= 15 is 0 Å². The van der Waals surface area contributed by atoms with Crippen LogP contribution in [0.5, 0.6) is 11.5 Å². The summed E-state index contributed by atoms with van der Waals surface area (Å²) in [4.78, 5) is 11.8. The van der Waals surface area contributed by atoms with Crippen molar-refractivity contribution in [3.8, 4) is 11.5 Å². The van der Waals surface area contributed by atoms with Gasteiger partial charge < -0.3 is 19.9 Å². The summed E-state index contributed by atoms with van der Waals surface area (Å²) < 4.78 is 11.2. The highest BCUT2D eigenvalue weighted by Gasteiger charge is 2.04. The molecule has 4 N–H and O–H groups in total. The van der Waals surface area contributed by atoms with Gasteiger partial charge >= 0.3 is 6.03 Å². The van der Waals surface area contributed by atoms with Gasteiger partial charge in [-0.05, 0) is 37.6 Å². The number of ether oxygens (including phenoxy) is 2. The Morgan fingerprint density at radius 1 is 0.778 bits per heavy atom. The number of hydrogen-bond acceptors (Lipinski definition) is 5. The summed E-state index contributed by atoms with van der Waals surface area (Å²) in [5.41, 5.74) is 5.43. The van der Waals surface area contributed by atoms with Gasteiger partial charge in [-0.1, -0.05) is 103 Å². The number of unbranched alkanes of at least 4 members (excludes halogenated alkanes) is 15. The Hall–Kier alpha value is -1.99. The number of nitrogens with one attached hydrogen (secondary N) is 3.